The van der Waals surface area contributed by atoms with E-state index >= 15 is 0 Å². The van der Waals surface area contributed by atoms with Gasteiger partial charge < -0.3 is 14.2 Å². The summed E-state index contributed by atoms with van der Waals surface area (Å²) in [4.78, 5) is 38.3. The first kappa shape index (κ1) is 70.4. The average Bonchev–Trinajstić information content (AvgIpc) is 3.38. The van der Waals surface area contributed by atoms with Crippen molar-refractivity contribution in [1.29, 1.82) is 0 Å². The Morgan fingerprint density at radius 2 is 0.375 bits per heavy atom. The maximum absolute atomic E-state index is 12.9. The van der Waals surface area contributed by atoms with Gasteiger partial charge in [-0.25, -0.2) is 0 Å². The topological polar surface area (TPSA) is 78.9 Å². The van der Waals surface area contributed by atoms with E-state index in [1.54, 1.807) is 0 Å². The van der Waals surface area contributed by atoms with E-state index in [2.05, 4.69) is 20.8 Å². The quantitative estimate of drug-likeness (QED) is 0.0343. The maximum Gasteiger partial charge on any atom is 0.306 e. The lowest BCUT2D eigenvalue weighted by Crippen LogP contribution is -2.30. The van der Waals surface area contributed by atoms with Gasteiger partial charge in [0.2, 0.25) is 0 Å². The van der Waals surface area contributed by atoms with E-state index in [1.165, 1.54) is 289 Å². The molecule has 0 unspecified atom stereocenters. The zero-order valence-corrected chi connectivity index (χ0v) is 49.2. The van der Waals surface area contributed by atoms with Gasteiger partial charge in [0.25, 0.3) is 0 Å². The van der Waals surface area contributed by atoms with Crippen LogP contribution in [0.2, 0.25) is 0 Å². The number of esters is 3. The fourth-order valence-corrected chi connectivity index (χ4v) is 10.4. The number of carbonyl (C=O) groups is 3. The summed E-state index contributed by atoms with van der Waals surface area (Å²) in [7, 11) is 0. The molecule has 0 fully saturated rings. The highest BCUT2D eigenvalue weighted by molar-refractivity contribution is 5.71. The van der Waals surface area contributed by atoms with Crippen molar-refractivity contribution in [2.24, 2.45) is 0 Å². The van der Waals surface area contributed by atoms with Crippen LogP contribution in [0.3, 0.4) is 0 Å². The molecule has 0 saturated heterocycles. The van der Waals surface area contributed by atoms with Crippen molar-refractivity contribution in [2.75, 3.05) is 13.2 Å². The second kappa shape index (κ2) is 62.0. The SMILES string of the molecule is CCCCCCCCCCCCCCCCCCCCCCCC(=O)OCC(COC(=O)CCCCCCCCCCCCCCCCCCCCCCC)OC(=O)CCCCCCCCCCCCCC. The van der Waals surface area contributed by atoms with Crippen molar-refractivity contribution in [2.45, 2.75) is 393 Å². The van der Waals surface area contributed by atoms with Gasteiger partial charge in [-0.2, -0.15) is 0 Å². The van der Waals surface area contributed by atoms with E-state index < -0.39 is 6.10 Å². The minimum Gasteiger partial charge on any atom is -0.462 e. The van der Waals surface area contributed by atoms with Crippen LogP contribution in [-0.4, -0.2) is 37.2 Å². The molecule has 0 aliphatic rings. The molecule has 6 heteroatoms. The molecular weight excluding hydrogens is 889 g/mol. The molecule has 0 aromatic heterocycles. The van der Waals surface area contributed by atoms with Gasteiger partial charge in [-0.05, 0) is 19.3 Å². The molecule has 0 rings (SSSR count). The Balaban J connectivity index is 4.19. The van der Waals surface area contributed by atoms with Gasteiger partial charge in [-0.1, -0.05) is 348 Å². The van der Waals surface area contributed by atoms with Crippen LogP contribution >= 0.6 is 0 Å². The fourth-order valence-electron chi connectivity index (χ4n) is 10.4. The summed E-state index contributed by atoms with van der Waals surface area (Å²) in [5.74, 6) is -0.825. The van der Waals surface area contributed by atoms with E-state index in [-0.39, 0.29) is 31.1 Å². The highest BCUT2D eigenvalue weighted by atomic mass is 16.6. The van der Waals surface area contributed by atoms with E-state index in [1.807, 2.05) is 0 Å². The van der Waals surface area contributed by atoms with Gasteiger partial charge in [0, 0.05) is 19.3 Å². The Morgan fingerprint density at radius 3 is 0.556 bits per heavy atom. The minimum atomic E-state index is -0.762. The minimum absolute atomic E-state index is 0.0606. The van der Waals surface area contributed by atoms with Crippen molar-refractivity contribution in [3.05, 3.63) is 0 Å². The number of carbonyl (C=O) groups excluding carboxylic acids is 3. The summed E-state index contributed by atoms with van der Waals surface area (Å²) < 4.78 is 17.0. The highest BCUT2D eigenvalue weighted by Gasteiger charge is 2.19. The van der Waals surface area contributed by atoms with Crippen LogP contribution in [-0.2, 0) is 28.6 Å². The molecule has 6 nitrogen and oxygen atoms in total. The van der Waals surface area contributed by atoms with E-state index in [0.29, 0.717) is 19.3 Å². The first-order chi connectivity index (χ1) is 35.5. The van der Waals surface area contributed by atoms with Crippen molar-refractivity contribution in [3.8, 4) is 0 Å². The lowest BCUT2D eigenvalue weighted by Gasteiger charge is -2.18. The zero-order chi connectivity index (χ0) is 52.2. The van der Waals surface area contributed by atoms with E-state index in [4.69, 9.17) is 14.2 Å². The molecule has 0 N–H and O–H groups in total. The fraction of sp³-hybridized carbons (Fsp3) is 0.955. The monoisotopic (exact) mass is 1020 g/mol. The Hall–Kier alpha value is -1.59. The molecule has 0 atom stereocenters. The van der Waals surface area contributed by atoms with Crippen LogP contribution in [0.4, 0.5) is 0 Å². The van der Waals surface area contributed by atoms with Gasteiger partial charge in [0.1, 0.15) is 13.2 Å². The second-order valence-corrected chi connectivity index (χ2v) is 22.8. The first-order valence-corrected chi connectivity index (χ1v) is 33.0. The average molecular weight is 1020 g/mol. The molecule has 0 amide bonds. The number of rotatable bonds is 62. The summed E-state index contributed by atoms with van der Waals surface area (Å²) >= 11 is 0. The molecule has 72 heavy (non-hydrogen) atoms. The molecule has 0 radical (unpaired) electrons. The molecule has 0 spiro atoms. The molecular formula is C66H128O6. The highest BCUT2D eigenvalue weighted by Crippen LogP contribution is 2.19. The Bertz CT molecular complexity index is 1010. The predicted molar refractivity (Wildman–Crippen MR) is 312 cm³/mol. The van der Waals surface area contributed by atoms with Gasteiger partial charge >= 0.3 is 17.9 Å². The van der Waals surface area contributed by atoms with Crippen LogP contribution in [0, 0.1) is 0 Å². The lowest BCUT2D eigenvalue weighted by molar-refractivity contribution is -0.167. The van der Waals surface area contributed by atoms with Crippen molar-refractivity contribution in [3.63, 3.8) is 0 Å². The van der Waals surface area contributed by atoms with Crippen LogP contribution in [0.1, 0.15) is 387 Å². The molecule has 0 aromatic carbocycles. The smallest absolute Gasteiger partial charge is 0.306 e. The van der Waals surface area contributed by atoms with Crippen LogP contribution in [0.5, 0.6) is 0 Å². The van der Waals surface area contributed by atoms with Crippen molar-refractivity contribution >= 4 is 17.9 Å². The molecule has 0 aromatic rings. The number of unbranched alkanes of at least 4 members (excludes halogenated alkanes) is 51. The van der Waals surface area contributed by atoms with E-state index in [9.17, 15) is 14.4 Å². The summed E-state index contributed by atoms with van der Waals surface area (Å²) in [6.45, 7) is 6.73. The number of hydrogen-bond acceptors (Lipinski definition) is 6. The summed E-state index contributed by atoms with van der Waals surface area (Å²) in [6, 6.07) is 0. The zero-order valence-electron chi connectivity index (χ0n) is 49.2. The third-order valence-electron chi connectivity index (χ3n) is 15.4. The van der Waals surface area contributed by atoms with Crippen LogP contribution < -0.4 is 0 Å². The molecule has 0 aliphatic heterocycles. The van der Waals surface area contributed by atoms with Gasteiger partial charge in [-0.3, -0.25) is 14.4 Å². The normalized spacial score (nSPS) is 11.5. The third-order valence-corrected chi connectivity index (χ3v) is 15.4. The molecule has 0 saturated carbocycles. The standard InChI is InChI=1S/C66H128O6/c1-4-7-10-13-16-19-22-25-27-29-31-33-35-37-39-41-44-46-49-52-55-58-64(67)70-61-63(72-66(69)60-57-54-51-48-43-24-21-18-15-12-9-6-3)62-71-65(68)59-56-53-50-47-45-42-40-38-36-34-32-30-28-26-23-20-17-14-11-8-5-2/h63H,4-62H2,1-3H3. The number of hydrogen-bond donors (Lipinski definition) is 0. The maximum atomic E-state index is 12.9. The molecule has 428 valence electrons. The molecule has 0 heterocycles. The first-order valence-electron chi connectivity index (χ1n) is 33.0. The number of ether oxygens (including phenoxy) is 3. The van der Waals surface area contributed by atoms with Crippen molar-refractivity contribution in [1.82, 2.24) is 0 Å². The lowest BCUT2D eigenvalue weighted by atomic mass is 10.0. The van der Waals surface area contributed by atoms with Crippen LogP contribution in [0.25, 0.3) is 0 Å². The van der Waals surface area contributed by atoms with Crippen LogP contribution in [0.15, 0.2) is 0 Å². The third kappa shape index (κ3) is 59.3. The van der Waals surface area contributed by atoms with E-state index in [0.717, 1.165) is 57.8 Å². The largest absolute Gasteiger partial charge is 0.462 e. The predicted octanol–water partition coefficient (Wildman–Crippen LogP) is 22.3. The Kier molecular flexibility index (Phi) is 60.6. The van der Waals surface area contributed by atoms with Gasteiger partial charge in [-0.15, -0.1) is 0 Å². The van der Waals surface area contributed by atoms with Gasteiger partial charge in [0.05, 0.1) is 0 Å². The van der Waals surface area contributed by atoms with Gasteiger partial charge in [0.15, 0.2) is 6.10 Å². The Labute approximate surface area is 450 Å². The molecule has 0 bridgehead atoms. The Morgan fingerprint density at radius 1 is 0.222 bits per heavy atom. The second-order valence-electron chi connectivity index (χ2n) is 22.8. The summed E-state index contributed by atoms with van der Waals surface area (Å²) in [5.41, 5.74) is 0. The summed E-state index contributed by atoms with van der Waals surface area (Å²) in [6.07, 6.45) is 71.2. The summed E-state index contributed by atoms with van der Waals surface area (Å²) in [5, 5.41) is 0. The molecule has 0 aliphatic carbocycles. The van der Waals surface area contributed by atoms with Crippen molar-refractivity contribution < 1.29 is 28.6 Å².